The lowest BCUT2D eigenvalue weighted by atomic mass is 10.2. The molecule has 0 aliphatic rings. The van der Waals surface area contributed by atoms with E-state index in [9.17, 15) is 9.59 Å². The lowest BCUT2D eigenvalue weighted by molar-refractivity contribution is -0.126. The van der Waals surface area contributed by atoms with Gasteiger partial charge in [0.2, 0.25) is 11.8 Å². The van der Waals surface area contributed by atoms with Crippen LogP contribution in [0.15, 0.2) is 18.2 Å². The minimum absolute atomic E-state index is 0.254. The molecule has 1 aromatic rings. The normalized spacial score (nSPS) is 10.1. The highest BCUT2D eigenvalue weighted by molar-refractivity contribution is 6.42. The summed E-state index contributed by atoms with van der Waals surface area (Å²) in [6, 6.07) is 4.69. The van der Waals surface area contributed by atoms with E-state index < -0.39 is 0 Å². The third kappa shape index (κ3) is 3.20. The number of imide groups is 1. The highest BCUT2D eigenvalue weighted by atomic mass is 35.5. The zero-order valence-electron chi connectivity index (χ0n) is 9.67. The van der Waals surface area contributed by atoms with Gasteiger partial charge in [-0.15, -0.1) is 0 Å². The molecule has 3 nitrogen and oxygen atoms in total. The molecule has 5 heteroatoms. The summed E-state index contributed by atoms with van der Waals surface area (Å²) in [6.45, 7) is 3.41. The number of benzene rings is 1. The highest BCUT2D eigenvalue weighted by Gasteiger charge is 2.20. The van der Waals surface area contributed by atoms with Gasteiger partial charge in [-0.2, -0.15) is 0 Å². The van der Waals surface area contributed by atoms with E-state index in [-0.39, 0.29) is 24.7 Å². The van der Waals surface area contributed by atoms with Crippen molar-refractivity contribution in [1.82, 2.24) is 0 Å². The maximum atomic E-state index is 11.7. The molecule has 0 aromatic heterocycles. The molecule has 0 saturated heterocycles. The van der Waals surface area contributed by atoms with Gasteiger partial charge in [-0.25, -0.2) is 0 Å². The van der Waals surface area contributed by atoms with Crippen LogP contribution in [0.4, 0.5) is 5.69 Å². The third-order valence-electron chi connectivity index (χ3n) is 2.27. The number of hydrogen-bond acceptors (Lipinski definition) is 2. The van der Waals surface area contributed by atoms with E-state index in [1.165, 1.54) is 6.07 Å². The maximum Gasteiger partial charge on any atom is 0.233 e. The molecule has 0 N–H and O–H groups in total. The first-order valence-electron chi connectivity index (χ1n) is 5.32. The molecule has 0 bridgehead atoms. The van der Waals surface area contributed by atoms with Crippen LogP contribution in [0.3, 0.4) is 0 Å². The molecule has 17 heavy (non-hydrogen) atoms. The minimum atomic E-state index is -0.254. The molecular formula is C12H13Cl2NO2. The second kappa shape index (κ2) is 6.03. The monoisotopic (exact) mass is 273 g/mol. The van der Waals surface area contributed by atoms with Crippen molar-refractivity contribution in [1.29, 1.82) is 0 Å². The molecule has 92 valence electrons. The van der Waals surface area contributed by atoms with Crippen molar-refractivity contribution in [3.05, 3.63) is 28.2 Å². The van der Waals surface area contributed by atoms with E-state index in [0.29, 0.717) is 15.7 Å². The molecule has 0 aliphatic carbocycles. The zero-order chi connectivity index (χ0) is 13.0. The summed E-state index contributed by atoms with van der Waals surface area (Å²) in [6.07, 6.45) is 0.512. The smallest absolute Gasteiger partial charge is 0.233 e. The van der Waals surface area contributed by atoms with Crippen LogP contribution in [0.5, 0.6) is 0 Å². The Balaban J connectivity index is 3.17. The Bertz CT molecular complexity index is 430. The zero-order valence-corrected chi connectivity index (χ0v) is 11.2. The van der Waals surface area contributed by atoms with Crippen molar-refractivity contribution < 1.29 is 9.59 Å². The molecule has 0 heterocycles. The van der Waals surface area contributed by atoms with Crippen molar-refractivity contribution in [2.45, 2.75) is 26.7 Å². The molecule has 0 saturated carbocycles. The average molecular weight is 274 g/mol. The van der Waals surface area contributed by atoms with Crippen molar-refractivity contribution in [3.63, 3.8) is 0 Å². The Hall–Kier alpha value is -1.06. The largest absolute Gasteiger partial charge is 0.274 e. The third-order valence-corrected chi connectivity index (χ3v) is 3.00. The summed E-state index contributed by atoms with van der Waals surface area (Å²) in [4.78, 5) is 24.6. The van der Waals surface area contributed by atoms with Crippen LogP contribution in [-0.4, -0.2) is 11.8 Å². The lowest BCUT2D eigenvalue weighted by Gasteiger charge is -2.20. The summed E-state index contributed by atoms with van der Waals surface area (Å²) in [5.74, 6) is -0.509. The van der Waals surface area contributed by atoms with Crippen molar-refractivity contribution in [2.75, 3.05) is 4.90 Å². The van der Waals surface area contributed by atoms with Crippen LogP contribution in [0.2, 0.25) is 10.0 Å². The number of rotatable bonds is 3. The van der Waals surface area contributed by atoms with E-state index in [1.807, 2.05) is 0 Å². The second-order valence-electron chi connectivity index (χ2n) is 3.43. The number of halogens is 2. The fraction of sp³-hybridized carbons (Fsp3) is 0.333. The van der Waals surface area contributed by atoms with E-state index in [0.717, 1.165) is 4.90 Å². The predicted octanol–water partition coefficient (Wildman–Crippen LogP) is 3.67. The summed E-state index contributed by atoms with van der Waals surface area (Å²) in [5, 5.41) is 0.713. The van der Waals surface area contributed by atoms with Gasteiger partial charge >= 0.3 is 0 Å². The number of nitrogens with zero attached hydrogens (tertiary/aromatic N) is 1. The first-order chi connectivity index (χ1) is 8.01. The van der Waals surface area contributed by atoms with Gasteiger partial charge in [-0.1, -0.05) is 37.0 Å². The predicted molar refractivity (Wildman–Crippen MR) is 69.5 cm³/mol. The van der Waals surface area contributed by atoms with Crippen LogP contribution >= 0.6 is 23.2 Å². The van der Waals surface area contributed by atoms with Gasteiger partial charge in [0.1, 0.15) is 0 Å². The number of hydrogen-bond donors (Lipinski definition) is 0. The van der Waals surface area contributed by atoms with Crippen LogP contribution in [0.1, 0.15) is 26.7 Å². The van der Waals surface area contributed by atoms with Gasteiger partial charge in [-0.05, 0) is 18.2 Å². The Labute approximate surface area is 110 Å². The molecule has 2 amide bonds. The van der Waals surface area contributed by atoms with E-state index in [4.69, 9.17) is 23.2 Å². The first kappa shape index (κ1) is 14.0. The van der Waals surface area contributed by atoms with Gasteiger partial charge in [0.25, 0.3) is 0 Å². The fourth-order valence-corrected chi connectivity index (χ4v) is 1.66. The van der Waals surface area contributed by atoms with E-state index in [1.54, 1.807) is 26.0 Å². The summed E-state index contributed by atoms with van der Waals surface area (Å²) in [7, 11) is 0. The summed E-state index contributed by atoms with van der Waals surface area (Å²) < 4.78 is 0. The SMILES string of the molecule is CCC(=O)N(C(=O)CC)c1ccc(Cl)c(Cl)c1. The van der Waals surface area contributed by atoms with Crippen LogP contribution < -0.4 is 4.90 Å². The van der Waals surface area contributed by atoms with E-state index >= 15 is 0 Å². The maximum absolute atomic E-state index is 11.7. The van der Waals surface area contributed by atoms with Crippen LogP contribution in [0.25, 0.3) is 0 Å². The average Bonchev–Trinajstić information content (AvgIpc) is 2.33. The van der Waals surface area contributed by atoms with Crippen molar-refractivity contribution >= 4 is 40.7 Å². The highest BCUT2D eigenvalue weighted by Crippen LogP contribution is 2.27. The van der Waals surface area contributed by atoms with E-state index in [2.05, 4.69) is 0 Å². The fourth-order valence-electron chi connectivity index (χ4n) is 1.37. The molecule has 0 fully saturated rings. The quantitative estimate of drug-likeness (QED) is 0.843. The van der Waals surface area contributed by atoms with Gasteiger partial charge in [0.05, 0.1) is 15.7 Å². The molecule has 0 radical (unpaired) electrons. The van der Waals surface area contributed by atoms with Crippen LogP contribution in [-0.2, 0) is 9.59 Å². The number of carbonyl (C=O) groups excluding carboxylic acids is 2. The Morgan fingerprint density at radius 3 is 2.00 bits per heavy atom. The molecule has 0 aliphatic heterocycles. The molecule has 0 atom stereocenters. The standard InChI is InChI=1S/C12H13Cl2NO2/c1-3-11(16)15(12(17)4-2)8-5-6-9(13)10(14)7-8/h5-7H,3-4H2,1-2H3. The minimum Gasteiger partial charge on any atom is -0.274 e. The number of amides is 2. The van der Waals surface area contributed by atoms with Crippen LogP contribution in [0, 0.1) is 0 Å². The summed E-state index contributed by atoms with van der Waals surface area (Å²) in [5.41, 5.74) is 0.457. The molecular weight excluding hydrogens is 261 g/mol. The lowest BCUT2D eigenvalue weighted by Crippen LogP contribution is -2.35. The molecule has 1 rings (SSSR count). The summed E-state index contributed by atoms with van der Waals surface area (Å²) >= 11 is 11.7. The topological polar surface area (TPSA) is 37.4 Å². The number of carbonyl (C=O) groups is 2. The number of anilines is 1. The Kier molecular flexibility index (Phi) is 4.97. The molecule has 0 unspecified atom stereocenters. The van der Waals surface area contributed by atoms with Gasteiger partial charge in [-0.3, -0.25) is 14.5 Å². The van der Waals surface area contributed by atoms with Gasteiger partial charge in [0.15, 0.2) is 0 Å². The Morgan fingerprint density at radius 2 is 1.59 bits per heavy atom. The second-order valence-corrected chi connectivity index (χ2v) is 4.24. The first-order valence-corrected chi connectivity index (χ1v) is 6.07. The van der Waals surface area contributed by atoms with Gasteiger partial charge < -0.3 is 0 Å². The Morgan fingerprint density at radius 1 is 1.06 bits per heavy atom. The van der Waals surface area contributed by atoms with Crippen molar-refractivity contribution in [3.8, 4) is 0 Å². The molecule has 1 aromatic carbocycles. The molecule has 0 spiro atoms. The van der Waals surface area contributed by atoms with Gasteiger partial charge in [0, 0.05) is 12.8 Å². The van der Waals surface area contributed by atoms with Crippen molar-refractivity contribution in [2.24, 2.45) is 0 Å².